The quantitative estimate of drug-likeness (QED) is 0.550. The number of sulfonamides is 1. The van der Waals surface area contributed by atoms with E-state index in [0.717, 1.165) is 37.3 Å². The van der Waals surface area contributed by atoms with Gasteiger partial charge in [0.05, 0.1) is 19.0 Å². The predicted octanol–water partition coefficient (Wildman–Crippen LogP) is 2.61. The van der Waals surface area contributed by atoms with E-state index in [1.807, 2.05) is 6.07 Å². The van der Waals surface area contributed by atoms with Gasteiger partial charge in [0.1, 0.15) is 6.33 Å². The molecule has 5 rings (SSSR count). The second-order valence-electron chi connectivity index (χ2n) is 9.48. The lowest BCUT2D eigenvalue weighted by Gasteiger charge is -2.39. The number of fused-ring (bicyclic) bond motifs is 1. The van der Waals surface area contributed by atoms with Crippen LogP contribution in [0.3, 0.4) is 0 Å². The second-order valence-corrected chi connectivity index (χ2v) is 11.3. The Balaban J connectivity index is 1.24. The average Bonchev–Trinajstić information content (AvgIpc) is 3.33. The van der Waals surface area contributed by atoms with Crippen LogP contribution in [0.5, 0.6) is 0 Å². The topological polar surface area (TPSA) is 102 Å². The first-order valence-electron chi connectivity index (χ1n) is 12.0. The summed E-state index contributed by atoms with van der Waals surface area (Å²) in [4.78, 5) is 10.9. The van der Waals surface area contributed by atoms with Crippen molar-refractivity contribution in [2.45, 2.75) is 50.2 Å². The maximum absolute atomic E-state index is 12.0. The van der Waals surface area contributed by atoms with Gasteiger partial charge < -0.3 is 9.64 Å². The number of nitrogens with one attached hydrogen (secondary N) is 1. The summed E-state index contributed by atoms with van der Waals surface area (Å²) < 4.78 is 35.0. The van der Waals surface area contributed by atoms with Crippen molar-refractivity contribution in [2.24, 2.45) is 5.92 Å². The SMILES string of the molecule is CS(=O)(=O)NC1CCN(c2nccc3ncnn23)CC1CO[C@H]1CC[C@@H](c2ccccc2)CC1. The Bertz CT molecular complexity index is 1190. The van der Waals surface area contributed by atoms with Crippen molar-refractivity contribution >= 4 is 21.6 Å². The summed E-state index contributed by atoms with van der Waals surface area (Å²) in [6.45, 7) is 1.83. The number of hydrogen-bond acceptors (Lipinski definition) is 7. The second kappa shape index (κ2) is 9.97. The zero-order valence-electron chi connectivity index (χ0n) is 19.5. The average molecular weight is 485 g/mol. The molecule has 2 aromatic heterocycles. The van der Waals surface area contributed by atoms with Gasteiger partial charge in [0.25, 0.3) is 0 Å². The Hall–Kier alpha value is -2.56. The zero-order valence-corrected chi connectivity index (χ0v) is 20.3. The Kier molecular flexibility index (Phi) is 6.80. The molecule has 1 saturated heterocycles. The number of benzene rings is 1. The van der Waals surface area contributed by atoms with Crippen molar-refractivity contribution < 1.29 is 13.2 Å². The third-order valence-electron chi connectivity index (χ3n) is 7.05. The number of aromatic nitrogens is 4. The fourth-order valence-electron chi connectivity index (χ4n) is 5.32. The van der Waals surface area contributed by atoms with Crippen LogP contribution < -0.4 is 9.62 Å². The first-order chi connectivity index (χ1) is 16.5. The minimum Gasteiger partial charge on any atom is -0.378 e. The molecule has 182 valence electrons. The summed E-state index contributed by atoms with van der Waals surface area (Å²) in [6, 6.07) is 12.4. The molecule has 0 amide bonds. The fourth-order valence-corrected chi connectivity index (χ4v) is 6.18. The lowest BCUT2D eigenvalue weighted by atomic mass is 9.82. The molecule has 3 aromatic rings. The molecule has 0 bridgehead atoms. The number of piperidine rings is 1. The highest BCUT2D eigenvalue weighted by molar-refractivity contribution is 7.88. The van der Waals surface area contributed by atoms with Gasteiger partial charge in [-0.3, -0.25) is 0 Å². The lowest BCUT2D eigenvalue weighted by Crippen LogP contribution is -2.53. The summed E-state index contributed by atoms with van der Waals surface area (Å²) >= 11 is 0. The summed E-state index contributed by atoms with van der Waals surface area (Å²) in [5.41, 5.74) is 2.15. The van der Waals surface area contributed by atoms with Crippen LogP contribution >= 0.6 is 0 Å². The van der Waals surface area contributed by atoms with Gasteiger partial charge in [0, 0.05) is 37.3 Å². The molecular weight excluding hydrogens is 452 g/mol. The minimum absolute atomic E-state index is 0.0101. The maximum Gasteiger partial charge on any atom is 0.228 e. The van der Waals surface area contributed by atoms with Crippen LogP contribution in [0.2, 0.25) is 0 Å². The molecule has 0 spiro atoms. The van der Waals surface area contributed by atoms with E-state index in [9.17, 15) is 8.42 Å². The minimum atomic E-state index is -3.31. The van der Waals surface area contributed by atoms with Crippen LogP contribution in [0.4, 0.5) is 5.95 Å². The Labute approximate surface area is 200 Å². The van der Waals surface area contributed by atoms with E-state index in [2.05, 4.69) is 55.0 Å². The first-order valence-corrected chi connectivity index (χ1v) is 13.9. The van der Waals surface area contributed by atoms with E-state index < -0.39 is 10.0 Å². The van der Waals surface area contributed by atoms with Crippen molar-refractivity contribution in [2.75, 3.05) is 30.9 Å². The number of anilines is 1. The molecule has 0 radical (unpaired) electrons. The van der Waals surface area contributed by atoms with Gasteiger partial charge in [0.2, 0.25) is 16.0 Å². The van der Waals surface area contributed by atoms with E-state index in [4.69, 9.17) is 4.74 Å². The van der Waals surface area contributed by atoms with Crippen LogP contribution in [-0.4, -0.2) is 66.1 Å². The van der Waals surface area contributed by atoms with E-state index in [-0.39, 0.29) is 18.1 Å². The van der Waals surface area contributed by atoms with E-state index in [1.165, 1.54) is 18.1 Å². The normalized spacial score (nSPS) is 26.1. The molecule has 9 nitrogen and oxygen atoms in total. The molecule has 1 N–H and O–H groups in total. The third kappa shape index (κ3) is 5.39. The Morgan fingerprint density at radius 3 is 2.62 bits per heavy atom. The summed E-state index contributed by atoms with van der Waals surface area (Å²) in [5, 5.41) is 4.31. The number of hydrogen-bond donors (Lipinski definition) is 1. The van der Waals surface area contributed by atoms with Crippen LogP contribution in [0.25, 0.3) is 5.65 Å². The van der Waals surface area contributed by atoms with Crippen molar-refractivity contribution in [1.29, 1.82) is 0 Å². The van der Waals surface area contributed by atoms with Gasteiger partial charge in [-0.05, 0) is 43.6 Å². The van der Waals surface area contributed by atoms with E-state index >= 15 is 0 Å². The molecule has 1 aromatic carbocycles. The van der Waals surface area contributed by atoms with Crippen molar-refractivity contribution in [3.05, 3.63) is 54.5 Å². The molecule has 2 unspecified atom stereocenters. The van der Waals surface area contributed by atoms with Crippen molar-refractivity contribution in [3.8, 4) is 0 Å². The molecule has 2 aliphatic rings. The lowest BCUT2D eigenvalue weighted by molar-refractivity contribution is -0.00219. The van der Waals surface area contributed by atoms with Crippen molar-refractivity contribution in [1.82, 2.24) is 24.3 Å². The molecule has 1 aliphatic heterocycles. The first kappa shape index (κ1) is 23.2. The standard InChI is InChI=1S/C24H32N6O3S/c1-34(31,32)28-22-12-14-29(24-25-13-11-23-26-17-27-30(23)24)15-20(22)16-33-21-9-7-19(8-10-21)18-5-3-2-4-6-18/h2-6,11,13,17,19-22,28H,7-10,12,14-16H2,1H3/t19-,20?,21+,22?. The van der Waals surface area contributed by atoms with E-state index in [0.29, 0.717) is 32.0 Å². The van der Waals surface area contributed by atoms with Crippen LogP contribution in [-0.2, 0) is 14.8 Å². The Morgan fingerprint density at radius 2 is 1.85 bits per heavy atom. The van der Waals surface area contributed by atoms with Gasteiger partial charge in [-0.25, -0.2) is 23.1 Å². The molecule has 1 aliphatic carbocycles. The fraction of sp³-hybridized carbons (Fsp3) is 0.542. The van der Waals surface area contributed by atoms with Gasteiger partial charge in [-0.1, -0.05) is 30.3 Å². The van der Waals surface area contributed by atoms with Gasteiger partial charge in [0.15, 0.2) is 5.65 Å². The smallest absolute Gasteiger partial charge is 0.228 e. The highest BCUT2D eigenvalue weighted by Crippen LogP contribution is 2.34. The number of nitrogens with zero attached hydrogens (tertiary/aromatic N) is 5. The highest BCUT2D eigenvalue weighted by Gasteiger charge is 2.34. The number of ether oxygens (including phenoxy) is 1. The van der Waals surface area contributed by atoms with Crippen LogP contribution in [0.1, 0.15) is 43.6 Å². The van der Waals surface area contributed by atoms with Crippen LogP contribution in [0, 0.1) is 5.92 Å². The molecule has 2 fully saturated rings. The molecule has 1 saturated carbocycles. The van der Waals surface area contributed by atoms with Crippen LogP contribution in [0.15, 0.2) is 48.9 Å². The zero-order chi connectivity index (χ0) is 23.5. The summed E-state index contributed by atoms with van der Waals surface area (Å²) in [6.07, 6.45) is 9.66. The monoisotopic (exact) mass is 484 g/mol. The third-order valence-corrected chi connectivity index (χ3v) is 7.78. The molecule has 34 heavy (non-hydrogen) atoms. The van der Waals surface area contributed by atoms with E-state index in [1.54, 1.807) is 10.7 Å². The molecule has 3 heterocycles. The predicted molar refractivity (Wildman–Crippen MR) is 130 cm³/mol. The Morgan fingerprint density at radius 1 is 1.06 bits per heavy atom. The molecular formula is C24H32N6O3S. The largest absolute Gasteiger partial charge is 0.378 e. The maximum atomic E-state index is 12.0. The van der Waals surface area contributed by atoms with Gasteiger partial charge in [-0.15, -0.1) is 0 Å². The highest BCUT2D eigenvalue weighted by atomic mass is 32.2. The number of rotatable bonds is 7. The summed E-state index contributed by atoms with van der Waals surface area (Å²) in [5.74, 6) is 1.33. The molecule has 2 atom stereocenters. The van der Waals surface area contributed by atoms with Crippen molar-refractivity contribution in [3.63, 3.8) is 0 Å². The van der Waals surface area contributed by atoms with Gasteiger partial charge >= 0.3 is 0 Å². The van der Waals surface area contributed by atoms with Gasteiger partial charge in [-0.2, -0.15) is 9.61 Å². The molecule has 10 heteroatoms. The summed E-state index contributed by atoms with van der Waals surface area (Å²) in [7, 11) is -3.31.